The molecule has 0 fully saturated rings. The van der Waals surface area contributed by atoms with Crippen molar-refractivity contribution in [1.29, 1.82) is 0 Å². The Balaban J connectivity index is 1.60. The monoisotopic (exact) mass is 330 g/mol. The third kappa shape index (κ3) is 2.25. The lowest BCUT2D eigenvalue weighted by molar-refractivity contribution is 0.653. The van der Waals surface area contributed by atoms with Crippen molar-refractivity contribution in [1.82, 2.24) is 15.5 Å². The minimum absolute atomic E-state index is 1.13. The van der Waals surface area contributed by atoms with E-state index in [9.17, 15) is 0 Å². The second-order valence-corrected chi connectivity index (χ2v) is 6.88. The van der Waals surface area contributed by atoms with Gasteiger partial charge >= 0.3 is 0 Å². The molecule has 2 aromatic carbocycles. The summed E-state index contributed by atoms with van der Waals surface area (Å²) in [6.45, 7) is 0. The topological polar surface area (TPSA) is 32.2 Å². The number of benzene rings is 2. The van der Waals surface area contributed by atoms with Gasteiger partial charge in [-0.3, -0.25) is 5.01 Å². The first kappa shape index (κ1) is 14.6. The zero-order valence-corrected chi connectivity index (χ0v) is 14.4. The van der Waals surface area contributed by atoms with E-state index in [1.165, 1.54) is 47.8 Å². The van der Waals surface area contributed by atoms with Gasteiger partial charge in [0, 0.05) is 35.4 Å². The van der Waals surface area contributed by atoms with Crippen molar-refractivity contribution in [3.63, 3.8) is 0 Å². The Hall–Kier alpha value is -2.72. The van der Waals surface area contributed by atoms with Gasteiger partial charge in [0.15, 0.2) is 0 Å². The Bertz CT molecular complexity index is 968. The lowest BCUT2D eigenvalue weighted by atomic mass is 9.95. The number of aromatic nitrogens is 1. The molecule has 0 saturated heterocycles. The molecule has 1 aromatic heterocycles. The number of hydrogen-bond donors (Lipinski definition) is 2. The van der Waals surface area contributed by atoms with Crippen molar-refractivity contribution in [2.75, 3.05) is 5.01 Å². The van der Waals surface area contributed by atoms with E-state index < -0.39 is 0 Å². The smallest absolute Gasteiger partial charge is 0.0839 e. The second-order valence-electron chi connectivity index (χ2n) is 6.88. The van der Waals surface area contributed by atoms with Crippen LogP contribution < -0.4 is 16.0 Å². The first-order valence-electron chi connectivity index (χ1n) is 9.00. The molecule has 0 unspecified atom stereocenters. The third-order valence-corrected chi connectivity index (χ3v) is 5.46. The van der Waals surface area contributed by atoms with E-state index in [0.717, 1.165) is 11.4 Å². The van der Waals surface area contributed by atoms with E-state index >= 15 is 0 Å². The Morgan fingerprint density at radius 3 is 2.68 bits per heavy atom. The molecule has 1 aliphatic heterocycles. The molecule has 0 radical (unpaired) electrons. The minimum atomic E-state index is 1.13. The lowest BCUT2D eigenvalue weighted by Gasteiger charge is -2.22. The summed E-state index contributed by atoms with van der Waals surface area (Å²) in [4.78, 5) is 0. The largest absolute Gasteiger partial charge is 0.347 e. The average Bonchev–Trinajstić information content (AvgIpc) is 3.27. The Kier molecular flexibility index (Phi) is 3.31. The highest BCUT2D eigenvalue weighted by molar-refractivity contribution is 5.91. The van der Waals surface area contributed by atoms with Gasteiger partial charge in [0.2, 0.25) is 0 Å². The van der Waals surface area contributed by atoms with Gasteiger partial charge < -0.3 is 9.99 Å². The number of rotatable bonds is 2. The summed E-state index contributed by atoms with van der Waals surface area (Å²) in [5.74, 6) is 0. The standard InChI is InChI=1S/C21H22N4/c1-24-19-10-6-5-9-17(19)18-13-16(11-12-20(18)24)25-21(14-22-23-25)15-7-3-2-4-8-15/h2-4,7-8,11-14,22-23H,5-6,9-10H2,1H3. The number of hydrazine groups is 2. The van der Waals surface area contributed by atoms with Crippen molar-refractivity contribution in [2.45, 2.75) is 25.7 Å². The molecule has 0 amide bonds. The maximum absolute atomic E-state index is 3.26. The number of anilines is 1. The van der Waals surface area contributed by atoms with E-state index in [2.05, 4.69) is 70.0 Å². The van der Waals surface area contributed by atoms with Gasteiger partial charge in [-0.05, 0) is 49.4 Å². The summed E-state index contributed by atoms with van der Waals surface area (Å²) in [6.07, 6.45) is 7.02. The van der Waals surface area contributed by atoms with E-state index in [1.54, 1.807) is 5.56 Å². The van der Waals surface area contributed by atoms with E-state index in [-0.39, 0.29) is 0 Å². The van der Waals surface area contributed by atoms with Crippen LogP contribution in [0, 0.1) is 0 Å². The molecule has 4 nitrogen and oxygen atoms in total. The van der Waals surface area contributed by atoms with Crippen molar-refractivity contribution in [3.05, 3.63) is 71.6 Å². The minimum Gasteiger partial charge on any atom is -0.347 e. The number of nitrogens with zero attached hydrogens (tertiary/aromatic N) is 2. The molecule has 0 atom stereocenters. The van der Waals surface area contributed by atoms with Crippen LogP contribution in [0.4, 0.5) is 5.69 Å². The third-order valence-electron chi connectivity index (χ3n) is 5.46. The molecule has 0 spiro atoms. The molecular formula is C21H22N4. The fourth-order valence-corrected chi connectivity index (χ4v) is 4.21. The van der Waals surface area contributed by atoms with Crippen LogP contribution in [0.15, 0.2) is 54.7 Å². The van der Waals surface area contributed by atoms with Crippen molar-refractivity contribution in [2.24, 2.45) is 7.05 Å². The van der Waals surface area contributed by atoms with Crippen molar-refractivity contribution < 1.29 is 0 Å². The summed E-state index contributed by atoms with van der Waals surface area (Å²) in [6, 6.07) is 17.2. The second kappa shape index (κ2) is 5.67. The van der Waals surface area contributed by atoms with Crippen molar-refractivity contribution in [3.8, 4) is 0 Å². The predicted molar refractivity (Wildman–Crippen MR) is 103 cm³/mol. The van der Waals surface area contributed by atoms with Gasteiger partial charge in [-0.1, -0.05) is 30.3 Å². The Labute approximate surface area is 147 Å². The summed E-state index contributed by atoms with van der Waals surface area (Å²) >= 11 is 0. The van der Waals surface area contributed by atoms with E-state index in [1.807, 2.05) is 12.3 Å². The molecule has 4 heteroatoms. The van der Waals surface area contributed by atoms with Crippen LogP contribution in [0.5, 0.6) is 0 Å². The van der Waals surface area contributed by atoms with Gasteiger partial charge in [-0.2, -0.15) is 0 Å². The van der Waals surface area contributed by atoms with Crippen LogP contribution in [-0.4, -0.2) is 4.57 Å². The number of nitrogens with one attached hydrogen (secondary N) is 2. The summed E-state index contributed by atoms with van der Waals surface area (Å²) in [5, 5.41) is 3.52. The van der Waals surface area contributed by atoms with Gasteiger partial charge in [-0.15, -0.1) is 5.53 Å². The first-order valence-corrected chi connectivity index (χ1v) is 9.00. The highest BCUT2D eigenvalue weighted by atomic mass is 15.7. The molecule has 25 heavy (non-hydrogen) atoms. The quantitative estimate of drug-likeness (QED) is 0.748. The van der Waals surface area contributed by atoms with Gasteiger partial charge in [-0.25, -0.2) is 0 Å². The maximum atomic E-state index is 3.26. The highest BCUT2D eigenvalue weighted by Gasteiger charge is 2.22. The Morgan fingerprint density at radius 1 is 0.960 bits per heavy atom. The molecule has 5 rings (SSSR count). The predicted octanol–water partition coefficient (Wildman–Crippen LogP) is 3.88. The normalized spacial score (nSPS) is 16.7. The van der Waals surface area contributed by atoms with Crippen molar-refractivity contribution >= 4 is 22.3 Å². The maximum Gasteiger partial charge on any atom is 0.0839 e. The van der Waals surface area contributed by atoms with Crippen LogP contribution in [0.25, 0.3) is 16.6 Å². The molecule has 1 aliphatic carbocycles. The molecule has 126 valence electrons. The first-order chi connectivity index (χ1) is 12.3. The molecule has 0 bridgehead atoms. The van der Waals surface area contributed by atoms with Crippen LogP contribution in [-0.2, 0) is 19.9 Å². The van der Waals surface area contributed by atoms with Crippen LogP contribution in [0.1, 0.15) is 29.7 Å². The molecular weight excluding hydrogens is 308 g/mol. The highest BCUT2D eigenvalue weighted by Crippen LogP contribution is 2.35. The number of aryl methyl sites for hydroxylation is 2. The van der Waals surface area contributed by atoms with Crippen LogP contribution >= 0.6 is 0 Å². The SMILES string of the molecule is Cn1c2c(c3cc(N4NNC=C4c4ccccc4)ccc31)CCCC2. The number of fused-ring (bicyclic) bond motifs is 3. The summed E-state index contributed by atoms with van der Waals surface area (Å²) in [7, 11) is 2.21. The van der Waals surface area contributed by atoms with E-state index in [0.29, 0.717) is 0 Å². The van der Waals surface area contributed by atoms with Gasteiger partial charge in [0.05, 0.1) is 11.4 Å². The average molecular weight is 330 g/mol. The fraction of sp³-hybridized carbons (Fsp3) is 0.238. The van der Waals surface area contributed by atoms with Gasteiger partial charge in [0.25, 0.3) is 0 Å². The van der Waals surface area contributed by atoms with E-state index in [4.69, 9.17) is 0 Å². The zero-order valence-electron chi connectivity index (χ0n) is 14.4. The van der Waals surface area contributed by atoms with Crippen LogP contribution in [0.3, 0.4) is 0 Å². The molecule has 2 N–H and O–H groups in total. The molecule has 2 heterocycles. The molecule has 2 aliphatic rings. The molecule has 0 saturated carbocycles. The number of hydrogen-bond acceptors (Lipinski definition) is 3. The Morgan fingerprint density at radius 2 is 1.80 bits per heavy atom. The zero-order chi connectivity index (χ0) is 16.8. The summed E-state index contributed by atoms with van der Waals surface area (Å²) in [5.41, 5.74) is 14.3. The fourth-order valence-electron chi connectivity index (χ4n) is 4.21. The molecule has 3 aromatic rings. The lowest BCUT2D eigenvalue weighted by Crippen LogP contribution is -2.37. The van der Waals surface area contributed by atoms with Crippen LogP contribution in [0.2, 0.25) is 0 Å². The summed E-state index contributed by atoms with van der Waals surface area (Å²) < 4.78 is 2.39. The van der Waals surface area contributed by atoms with Gasteiger partial charge in [0.1, 0.15) is 0 Å².